The SMILES string of the molecule is COc1ccc(NC(=O)C2CCCN2C(=O)Nc2ccc(C)cc2)cc1. The number of carbonyl (C=O) groups excluding carboxylic acids is 2. The zero-order chi connectivity index (χ0) is 18.5. The van der Waals surface area contributed by atoms with Gasteiger partial charge in [0.2, 0.25) is 5.91 Å². The molecular weight excluding hydrogens is 330 g/mol. The molecule has 0 bridgehead atoms. The third-order valence-electron chi connectivity index (χ3n) is 4.48. The van der Waals surface area contributed by atoms with E-state index in [1.807, 2.05) is 31.2 Å². The zero-order valence-electron chi connectivity index (χ0n) is 15.0. The summed E-state index contributed by atoms with van der Waals surface area (Å²) in [5.41, 5.74) is 2.53. The number of hydrogen-bond donors (Lipinski definition) is 2. The van der Waals surface area contributed by atoms with Crippen molar-refractivity contribution in [3.8, 4) is 5.75 Å². The van der Waals surface area contributed by atoms with Crippen LogP contribution in [0.5, 0.6) is 5.75 Å². The summed E-state index contributed by atoms with van der Waals surface area (Å²) >= 11 is 0. The first-order chi connectivity index (χ1) is 12.6. The minimum Gasteiger partial charge on any atom is -0.497 e. The molecule has 0 spiro atoms. The van der Waals surface area contributed by atoms with E-state index in [1.165, 1.54) is 0 Å². The molecule has 1 unspecified atom stereocenters. The van der Waals surface area contributed by atoms with E-state index in [0.29, 0.717) is 18.7 Å². The van der Waals surface area contributed by atoms with Gasteiger partial charge < -0.3 is 20.3 Å². The number of likely N-dealkylation sites (tertiary alicyclic amines) is 1. The first-order valence-corrected chi connectivity index (χ1v) is 8.66. The van der Waals surface area contributed by atoms with Crippen LogP contribution in [-0.4, -0.2) is 36.5 Å². The fourth-order valence-corrected chi connectivity index (χ4v) is 3.01. The van der Waals surface area contributed by atoms with E-state index in [4.69, 9.17) is 4.74 Å². The van der Waals surface area contributed by atoms with Gasteiger partial charge in [0.15, 0.2) is 0 Å². The summed E-state index contributed by atoms with van der Waals surface area (Å²) in [4.78, 5) is 26.8. The molecule has 1 aliphatic heterocycles. The standard InChI is InChI=1S/C20H23N3O3/c1-14-5-7-16(8-6-14)22-20(25)23-13-3-4-18(23)19(24)21-15-9-11-17(26-2)12-10-15/h5-12,18H,3-4,13H2,1-2H3,(H,21,24)(H,22,25). The highest BCUT2D eigenvalue weighted by Crippen LogP contribution is 2.22. The molecule has 1 heterocycles. The third-order valence-corrected chi connectivity index (χ3v) is 4.48. The predicted octanol–water partition coefficient (Wildman–Crippen LogP) is 3.64. The van der Waals surface area contributed by atoms with Crippen molar-refractivity contribution >= 4 is 23.3 Å². The van der Waals surface area contributed by atoms with Gasteiger partial charge in [0.05, 0.1) is 7.11 Å². The molecule has 6 heteroatoms. The highest BCUT2D eigenvalue weighted by atomic mass is 16.5. The van der Waals surface area contributed by atoms with Gasteiger partial charge in [0, 0.05) is 17.9 Å². The van der Waals surface area contributed by atoms with E-state index in [1.54, 1.807) is 36.3 Å². The van der Waals surface area contributed by atoms with Gasteiger partial charge in [-0.05, 0) is 56.2 Å². The van der Waals surface area contributed by atoms with Gasteiger partial charge >= 0.3 is 6.03 Å². The number of nitrogens with zero attached hydrogens (tertiary/aromatic N) is 1. The van der Waals surface area contributed by atoms with Crippen molar-refractivity contribution in [1.29, 1.82) is 0 Å². The van der Waals surface area contributed by atoms with E-state index in [2.05, 4.69) is 10.6 Å². The highest BCUT2D eigenvalue weighted by Gasteiger charge is 2.34. The maximum absolute atomic E-state index is 12.6. The smallest absolute Gasteiger partial charge is 0.322 e. The Morgan fingerprint density at radius 3 is 2.27 bits per heavy atom. The lowest BCUT2D eigenvalue weighted by Gasteiger charge is -2.24. The largest absolute Gasteiger partial charge is 0.497 e. The van der Waals surface area contributed by atoms with Crippen molar-refractivity contribution in [1.82, 2.24) is 4.90 Å². The lowest BCUT2D eigenvalue weighted by molar-refractivity contribution is -0.119. The average Bonchev–Trinajstić information content (AvgIpc) is 3.14. The average molecular weight is 353 g/mol. The minimum atomic E-state index is -0.470. The Kier molecular flexibility index (Phi) is 5.41. The number of hydrogen-bond acceptors (Lipinski definition) is 3. The summed E-state index contributed by atoms with van der Waals surface area (Å²) in [5, 5.41) is 5.74. The lowest BCUT2D eigenvalue weighted by atomic mass is 10.2. The quantitative estimate of drug-likeness (QED) is 0.882. The second kappa shape index (κ2) is 7.91. The van der Waals surface area contributed by atoms with Crippen LogP contribution in [0.15, 0.2) is 48.5 Å². The van der Waals surface area contributed by atoms with Crippen molar-refractivity contribution in [2.75, 3.05) is 24.3 Å². The predicted molar refractivity (Wildman–Crippen MR) is 102 cm³/mol. The maximum atomic E-state index is 12.6. The van der Waals surface area contributed by atoms with Crippen LogP contribution in [0.1, 0.15) is 18.4 Å². The molecule has 0 aliphatic carbocycles. The molecule has 136 valence electrons. The van der Waals surface area contributed by atoms with Crippen molar-refractivity contribution < 1.29 is 14.3 Å². The van der Waals surface area contributed by atoms with Gasteiger partial charge in [0.1, 0.15) is 11.8 Å². The minimum absolute atomic E-state index is 0.174. The molecule has 0 radical (unpaired) electrons. The molecule has 1 aliphatic rings. The summed E-state index contributed by atoms with van der Waals surface area (Å²) < 4.78 is 5.11. The molecule has 3 rings (SSSR count). The van der Waals surface area contributed by atoms with E-state index in [9.17, 15) is 9.59 Å². The van der Waals surface area contributed by atoms with Gasteiger partial charge in [-0.1, -0.05) is 17.7 Å². The molecule has 6 nitrogen and oxygen atoms in total. The molecule has 2 aromatic carbocycles. The van der Waals surface area contributed by atoms with E-state index >= 15 is 0 Å². The number of aryl methyl sites for hydroxylation is 1. The van der Waals surface area contributed by atoms with Crippen molar-refractivity contribution in [2.24, 2.45) is 0 Å². The fraction of sp³-hybridized carbons (Fsp3) is 0.300. The van der Waals surface area contributed by atoms with Gasteiger partial charge in [-0.2, -0.15) is 0 Å². The van der Waals surface area contributed by atoms with E-state index < -0.39 is 6.04 Å². The van der Waals surface area contributed by atoms with Crippen LogP contribution in [0.3, 0.4) is 0 Å². The number of ether oxygens (including phenoxy) is 1. The number of rotatable bonds is 4. The molecule has 1 saturated heterocycles. The number of benzene rings is 2. The second-order valence-corrected chi connectivity index (χ2v) is 6.37. The van der Waals surface area contributed by atoms with Gasteiger partial charge in [0.25, 0.3) is 0 Å². The summed E-state index contributed by atoms with van der Waals surface area (Å²) in [7, 11) is 1.59. The normalized spacial score (nSPS) is 16.2. The highest BCUT2D eigenvalue weighted by molar-refractivity contribution is 5.99. The van der Waals surface area contributed by atoms with Crippen LogP contribution in [0.2, 0.25) is 0 Å². The van der Waals surface area contributed by atoms with Crippen LogP contribution in [0.25, 0.3) is 0 Å². The zero-order valence-corrected chi connectivity index (χ0v) is 15.0. The monoisotopic (exact) mass is 353 g/mol. The lowest BCUT2D eigenvalue weighted by Crippen LogP contribution is -2.45. The van der Waals surface area contributed by atoms with E-state index in [0.717, 1.165) is 23.4 Å². The van der Waals surface area contributed by atoms with Gasteiger partial charge in [-0.25, -0.2) is 4.79 Å². The number of methoxy groups -OCH3 is 1. The number of amides is 3. The molecular formula is C20H23N3O3. The third kappa shape index (κ3) is 4.14. The number of carbonyl (C=O) groups is 2. The summed E-state index contributed by atoms with van der Waals surface area (Å²) in [6, 6.07) is 14.0. The number of urea groups is 1. The van der Waals surface area contributed by atoms with Crippen LogP contribution in [0.4, 0.5) is 16.2 Å². The fourth-order valence-electron chi connectivity index (χ4n) is 3.01. The molecule has 2 N–H and O–H groups in total. The van der Waals surface area contributed by atoms with Crippen LogP contribution in [0, 0.1) is 6.92 Å². The Morgan fingerprint density at radius 2 is 1.62 bits per heavy atom. The van der Waals surface area contributed by atoms with E-state index in [-0.39, 0.29) is 11.9 Å². The number of nitrogens with one attached hydrogen (secondary N) is 2. The van der Waals surface area contributed by atoms with Crippen LogP contribution < -0.4 is 15.4 Å². The molecule has 0 saturated carbocycles. The molecule has 3 amide bonds. The molecule has 1 atom stereocenters. The van der Waals surface area contributed by atoms with Crippen molar-refractivity contribution in [2.45, 2.75) is 25.8 Å². The number of anilines is 2. The molecule has 0 aromatic heterocycles. The Balaban J connectivity index is 1.63. The first kappa shape index (κ1) is 17.8. The summed E-state index contributed by atoms with van der Waals surface area (Å²) in [5.74, 6) is 0.551. The Morgan fingerprint density at radius 1 is 1.00 bits per heavy atom. The molecule has 1 fully saturated rings. The first-order valence-electron chi connectivity index (χ1n) is 8.66. The summed E-state index contributed by atoms with van der Waals surface area (Å²) in [6.45, 7) is 2.56. The van der Waals surface area contributed by atoms with Crippen molar-refractivity contribution in [3.63, 3.8) is 0 Å². The van der Waals surface area contributed by atoms with Crippen LogP contribution >= 0.6 is 0 Å². The maximum Gasteiger partial charge on any atom is 0.322 e. The van der Waals surface area contributed by atoms with Gasteiger partial charge in [-0.3, -0.25) is 4.79 Å². The Bertz CT molecular complexity index is 772. The Hall–Kier alpha value is -3.02. The molecule has 2 aromatic rings. The molecule has 26 heavy (non-hydrogen) atoms. The topological polar surface area (TPSA) is 70.7 Å². The Labute approximate surface area is 153 Å². The second-order valence-electron chi connectivity index (χ2n) is 6.37. The summed E-state index contributed by atoms with van der Waals surface area (Å²) in [6.07, 6.45) is 1.46. The van der Waals surface area contributed by atoms with Crippen molar-refractivity contribution in [3.05, 3.63) is 54.1 Å². The van der Waals surface area contributed by atoms with Gasteiger partial charge in [-0.15, -0.1) is 0 Å². The van der Waals surface area contributed by atoms with Crippen LogP contribution in [-0.2, 0) is 4.79 Å².